The van der Waals surface area contributed by atoms with Crippen molar-refractivity contribution < 1.29 is 35.8 Å². The lowest BCUT2D eigenvalue weighted by Gasteiger charge is -2.43. The van der Waals surface area contributed by atoms with E-state index in [0.717, 1.165) is 18.8 Å². The SMILES string of the molecule is CC1CCC(C2CCC(C3CCC(OC(F)OC(F)(F)F)C(F)C3)C(F)C2)CC1. The third-order valence-electron chi connectivity index (χ3n) is 7.46. The molecule has 7 atom stereocenters. The molecule has 3 aliphatic rings. The van der Waals surface area contributed by atoms with Gasteiger partial charge in [0.15, 0.2) is 0 Å². The molecule has 3 aliphatic carbocycles. The fraction of sp³-hybridized carbons (Fsp3) is 1.00. The Kier molecular flexibility index (Phi) is 7.79. The standard InChI is InChI=1S/C21H32F6O2/c1-12-2-4-13(5-3-12)14-6-8-16(17(22)10-14)15-7-9-19(18(23)11-15)28-20(24)29-21(25,26)27/h12-20H,2-11H2,1H3. The van der Waals surface area contributed by atoms with Crippen molar-refractivity contribution in [3.8, 4) is 0 Å². The second-order valence-electron chi connectivity index (χ2n) is 9.37. The van der Waals surface area contributed by atoms with Gasteiger partial charge in [-0.05, 0) is 81.0 Å². The molecule has 0 aromatic rings. The summed E-state index contributed by atoms with van der Waals surface area (Å²) in [5, 5.41) is 0. The Balaban J connectivity index is 1.45. The minimum absolute atomic E-state index is 0.000100. The monoisotopic (exact) mass is 430 g/mol. The van der Waals surface area contributed by atoms with Crippen molar-refractivity contribution >= 4 is 0 Å². The van der Waals surface area contributed by atoms with Gasteiger partial charge >= 0.3 is 12.9 Å². The van der Waals surface area contributed by atoms with E-state index < -0.39 is 31.4 Å². The van der Waals surface area contributed by atoms with E-state index in [9.17, 15) is 26.3 Å². The molecule has 0 aliphatic heterocycles. The molecule has 3 fully saturated rings. The number of hydrogen-bond acceptors (Lipinski definition) is 2. The average Bonchev–Trinajstić information content (AvgIpc) is 2.62. The molecule has 3 saturated carbocycles. The molecule has 0 aromatic carbocycles. The van der Waals surface area contributed by atoms with Crippen LogP contribution >= 0.6 is 0 Å². The van der Waals surface area contributed by atoms with Crippen LogP contribution in [0.2, 0.25) is 0 Å². The Hall–Kier alpha value is -0.500. The zero-order chi connectivity index (χ0) is 21.2. The molecule has 0 spiro atoms. The van der Waals surface area contributed by atoms with Gasteiger partial charge in [0.25, 0.3) is 0 Å². The Bertz CT molecular complexity index is 508. The Morgan fingerprint density at radius 3 is 1.93 bits per heavy atom. The highest BCUT2D eigenvalue weighted by Crippen LogP contribution is 2.47. The van der Waals surface area contributed by atoms with Crippen LogP contribution in [0.4, 0.5) is 26.3 Å². The van der Waals surface area contributed by atoms with E-state index in [4.69, 9.17) is 0 Å². The van der Waals surface area contributed by atoms with Crippen LogP contribution in [0, 0.1) is 29.6 Å². The van der Waals surface area contributed by atoms with Gasteiger partial charge in [0.1, 0.15) is 12.3 Å². The maximum atomic E-state index is 15.0. The maximum absolute atomic E-state index is 15.0. The highest BCUT2D eigenvalue weighted by Gasteiger charge is 2.44. The van der Waals surface area contributed by atoms with Gasteiger partial charge in [-0.15, -0.1) is 13.2 Å². The Labute approximate surface area is 168 Å². The normalized spacial score (nSPS) is 43.1. The Morgan fingerprint density at radius 1 is 0.759 bits per heavy atom. The van der Waals surface area contributed by atoms with Gasteiger partial charge in [0, 0.05) is 0 Å². The highest BCUT2D eigenvalue weighted by molar-refractivity contribution is 4.92. The molecule has 8 heteroatoms. The number of alkyl halides is 6. The van der Waals surface area contributed by atoms with Crippen molar-refractivity contribution in [3.63, 3.8) is 0 Å². The fourth-order valence-electron chi connectivity index (χ4n) is 5.82. The molecule has 3 rings (SSSR count). The second-order valence-corrected chi connectivity index (χ2v) is 9.37. The van der Waals surface area contributed by atoms with E-state index in [1.165, 1.54) is 25.7 Å². The molecule has 7 unspecified atom stereocenters. The first-order valence-electron chi connectivity index (χ1n) is 10.9. The molecule has 170 valence electrons. The van der Waals surface area contributed by atoms with E-state index in [2.05, 4.69) is 16.4 Å². The van der Waals surface area contributed by atoms with Crippen LogP contribution in [-0.2, 0) is 9.47 Å². The first-order valence-corrected chi connectivity index (χ1v) is 10.9. The smallest absolute Gasteiger partial charge is 0.320 e. The topological polar surface area (TPSA) is 18.5 Å². The molecule has 0 saturated heterocycles. The largest absolute Gasteiger partial charge is 0.526 e. The predicted molar refractivity (Wildman–Crippen MR) is 96.0 cm³/mol. The van der Waals surface area contributed by atoms with Crippen molar-refractivity contribution in [2.75, 3.05) is 0 Å². The predicted octanol–water partition coefficient (Wildman–Crippen LogP) is 6.88. The minimum Gasteiger partial charge on any atom is -0.320 e. The van der Waals surface area contributed by atoms with E-state index in [1.807, 2.05) is 0 Å². The first-order chi connectivity index (χ1) is 13.6. The second kappa shape index (κ2) is 9.75. The van der Waals surface area contributed by atoms with E-state index >= 15 is 0 Å². The summed E-state index contributed by atoms with van der Waals surface area (Å²) >= 11 is 0. The van der Waals surface area contributed by atoms with Gasteiger partial charge < -0.3 is 4.74 Å². The summed E-state index contributed by atoms with van der Waals surface area (Å²) < 4.78 is 86.2. The third kappa shape index (κ3) is 6.49. The third-order valence-corrected chi connectivity index (χ3v) is 7.46. The maximum Gasteiger partial charge on any atom is 0.526 e. The summed E-state index contributed by atoms with van der Waals surface area (Å²) in [4.78, 5) is 0. The molecule has 0 aromatic heterocycles. The number of ether oxygens (including phenoxy) is 2. The van der Waals surface area contributed by atoms with E-state index in [0.29, 0.717) is 24.7 Å². The molecule has 0 N–H and O–H groups in total. The van der Waals surface area contributed by atoms with Crippen molar-refractivity contribution in [3.05, 3.63) is 0 Å². The number of hydrogen-bond donors (Lipinski definition) is 0. The van der Waals surface area contributed by atoms with Crippen LogP contribution in [0.1, 0.15) is 71.1 Å². The highest BCUT2D eigenvalue weighted by atomic mass is 19.4. The van der Waals surface area contributed by atoms with Crippen molar-refractivity contribution in [1.82, 2.24) is 0 Å². The average molecular weight is 430 g/mol. The lowest BCUT2D eigenvalue weighted by atomic mass is 9.65. The summed E-state index contributed by atoms with van der Waals surface area (Å²) in [7, 11) is 0. The van der Waals surface area contributed by atoms with Crippen LogP contribution < -0.4 is 0 Å². The summed E-state index contributed by atoms with van der Waals surface area (Å²) in [6.45, 7) is -0.781. The van der Waals surface area contributed by atoms with Crippen LogP contribution in [0.3, 0.4) is 0 Å². The van der Waals surface area contributed by atoms with Gasteiger partial charge in [0.2, 0.25) is 0 Å². The first kappa shape index (κ1) is 23.2. The molecular formula is C21H32F6O2. The van der Waals surface area contributed by atoms with Crippen LogP contribution in [0.15, 0.2) is 0 Å². The summed E-state index contributed by atoms with van der Waals surface area (Å²) in [5.74, 6) is 1.36. The van der Waals surface area contributed by atoms with Gasteiger partial charge in [-0.3, -0.25) is 0 Å². The summed E-state index contributed by atoms with van der Waals surface area (Å²) in [6, 6.07) is 0. The quantitative estimate of drug-likeness (QED) is 0.350. The number of halogens is 6. The van der Waals surface area contributed by atoms with Gasteiger partial charge in [-0.1, -0.05) is 19.8 Å². The van der Waals surface area contributed by atoms with Crippen molar-refractivity contribution in [1.29, 1.82) is 0 Å². The molecule has 2 nitrogen and oxygen atoms in total. The minimum atomic E-state index is -5.18. The summed E-state index contributed by atoms with van der Waals surface area (Å²) in [5.41, 5.74) is 0. The fourth-order valence-corrected chi connectivity index (χ4v) is 5.82. The molecular weight excluding hydrogens is 398 g/mol. The lowest BCUT2D eigenvalue weighted by molar-refractivity contribution is -0.413. The molecule has 0 radical (unpaired) electrons. The van der Waals surface area contributed by atoms with Crippen molar-refractivity contribution in [2.45, 2.75) is 102 Å². The number of rotatable bonds is 5. The van der Waals surface area contributed by atoms with Gasteiger partial charge in [0.05, 0.1) is 6.10 Å². The summed E-state index contributed by atoms with van der Waals surface area (Å²) in [6.07, 6.45) is -1.58. The van der Waals surface area contributed by atoms with Crippen LogP contribution in [-0.4, -0.2) is 31.4 Å². The van der Waals surface area contributed by atoms with Crippen LogP contribution in [0.5, 0.6) is 0 Å². The molecule has 0 bridgehead atoms. The van der Waals surface area contributed by atoms with Crippen LogP contribution in [0.25, 0.3) is 0 Å². The van der Waals surface area contributed by atoms with Gasteiger partial charge in [-0.25, -0.2) is 13.5 Å². The molecule has 29 heavy (non-hydrogen) atoms. The Morgan fingerprint density at radius 2 is 1.34 bits per heavy atom. The zero-order valence-electron chi connectivity index (χ0n) is 16.9. The van der Waals surface area contributed by atoms with E-state index in [-0.39, 0.29) is 24.7 Å². The lowest BCUT2D eigenvalue weighted by Crippen LogP contribution is -2.42. The van der Waals surface area contributed by atoms with Crippen molar-refractivity contribution in [2.24, 2.45) is 29.6 Å². The van der Waals surface area contributed by atoms with Gasteiger partial charge in [-0.2, -0.15) is 4.39 Å². The van der Waals surface area contributed by atoms with E-state index in [1.54, 1.807) is 0 Å². The zero-order valence-corrected chi connectivity index (χ0v) is 16.9. The molecule has 0 amide bonds. The molecule has 0 heterocycles.